The monoisotopic (exact) mass is 389 g/mol. The molecule has 6 heteroatoms. The summed E-state index contributed by atoms with van der Waals surface area (Å²) < 4.78 is 0. The molecule has 2 aliphatic rings. The molecule has 2 atom stereocenters. The molecule has 0 aliphatic carbocycles. The van der Waals surface area contributed by atoms with Crippen LogP contribution in [0.25, 0.3) is 0 Å². The van der Waals surface area contributed by atoms with E-state index in [4.69, 9.17) is 0 Å². The Balaban J connectivity index is 1.89. The van der Waals surface area contributed by atoms with E-state index >= 15 is 0 Å². The summed E-state index contributed by atoms with van der Waals surface area (Å²) in [7, 11) is 2.09. The molecular formula is C21H31N3O2S. The van der Waals surface area contributed by atoms with E-state index in [1.165, 1.54) is 5.56 Å². The number of piperazine rings is 1. The number of likely N-dealkylation sites (N-methyl/N-ethyl adjacent to an activating group) is 1. The number of hydrogen-bond acceptors (Lipinski definition) is 4. The van der Waals surface area contributed by atoms with Gasteiger partial charge in [0.15, 0.2) is 0 Å². The number of thioether (sulfide) groups is 1. The summed E-state index contributed by atoms with van der Waals surface area (Å²) in [6.45, 7) is 9.61. The van der Waals surface area contributed by atoms with Crippen LogP contribution in [0.15, 0.2) is 24.3 Å². The van der Waals surface area contributed by atoms with E-state index in [1.807, 2.05) is 21.9 Å². The second-order valence-electron chi connectivity index (χ2n) is 8.09. The molecule has 2 heterocycles. The molecule has 1 aromatic rings. The van der Waals surface area contributed by atoms with E-state index in [-0.39, 0.29) is 23.2 Å². The molecule has 27 heavy (non-hydrogen) atoms. The lowest BCUT2D eigenvalue weighted by atomic mass is 9.99. The van der Waals surface area contributed by atoms with E-state index in [1.54, 1.807) is 11.8 Å². The second-order valence-corrected chi connectivity index (χ2v) is 9.16. The van der Waals surface area contributed by atoms with Crippen molar-refractivity contribution in [1.29, 1.82) is 0 Å². The summed E-state index contributed by atoms with van der Waals surface area (Å²) in [6.07, 6.45) is 0.708. The normalized spacial score (nSPS) is 22.6. The summed E-state index contributed by atoms with van der Waals surface area (Å²) >= 11 is 1.64. The molecule has 0 unspecified atom stereocenters. The van der Waals surface area contributed by atoms with Gasteiger partial charge in [0.1, 0.15) is 11.4 Å². The standard InChI is InChI=1S/C21H31N3O2S/c1-15(2)13-18(20(26)23-11-9-22(4)10-12-23)24-19(25)14-27-21(24)17-8-6-5-7-16(17)3/h5-8,15,18,21H,9-14H2,1-4H3/t18-,21-/m0/s1. The van der Waals surface area contributed by atoms with Crippen LogP contribution in [0.5, 0.6) is 0 Å². The Kier molecular flexibility index (Phi) is 6.48. The highest BCUT2D eigenvalue weighted by Gasteiger charge is 2.43. The molecule has 2 aliphatic heterocycles. The van der Waals surface area contributed by atoms with Gasteiger partial charge in [0, 0.05) is 26.2 Å². The van der Waals surface area contributed by atoms with Crippen molar-refractivity contribution in [2.24, 2.45) is 5.92 Å². The Morgan fingerprint density at radius 2 is 1.85 bits per heavy atom. The molecule has 0 radical (unpaired) electrons. The Hall–Kier alpha value is -1.53. The minimum Gasteiger partial charge on any atom is -0.338 e. The second kappa shape index (κ2) is 8.65. The number of nitrogens with zero attached hydrogens (tertiary/aromatic N) is 3. The van der Waals surface area contributed by atoms with E-state index < -0.39 is 0 Å². The fraction of sp³-hybridized carbons (Fsp3) is 0.619. The summed E-state index contributed by atoms with van der Waals surface area (Å²) in [4.78, 5) is 32.4. The van der Waals surface area contributed by atoms with Crippen molar-refractivity contribution in [2.75, 3.05) is 39.0 Å². The molecule has 0 aromatic heterocycles. The third-order valence-electron chi connectivity index (χ3n) is 5.49. The molecule has 2 fully saturated rings. The SMILES string of the molecule is Cc1ccccc1[C@@H]1SCC(=O)N1[C@@H](CC(C)C)C(=O)N1CCN(C)CC1. The first kappa shape index (κ1) is 20.2. The zero-order valence-corrected chi connectivity index (χ0v) is 17.7. The fourth-order valence-electron chi connectivity index (χ4n) is 3.89. The largest absolute Gasteiger partial charge is 0.338 e. The van der Waals surface area contributed by atoms with Gasteiger partial charge in [-0.3, -0.25) is 9.59 Å². The lowest BCUT2D eigenvalue weighted by Gasteiger charge is -2.39. The van der Waals surface area contributed by atoms with Crippen LogP contribution in [-0.2, 0) is 9.59 Å². The molecule has 0 N–H and O–H groups in total. The topological polar surface area (TPSA) is 43.9 Å². The first-order valence-electron chi connectivity index (χ1n) is 9.84. The molecular weight excluding hydrogens is 358 g/mol. The summed E-state index contributed by atoms with van der Waals surface area (Å²) in [5, 5.41) is -0.0705. The maximum atomic E-state index is 13.4. The minimum atomic E-state index is -0.375. The number of rotatable bonds is 5. The third-order valence-corrected chi connectivity index (χ3v) is 6.70. The molecule has 2 saturated heterocycles. The van der Waals surface area contributed by atoms with Crippen molar-refractivity contribution in [3.8, 4) is 0 Å². The number of hydrogen-bond donors (Lipinski definition) is 0. The van der Waals surface area contributed by atoms with Crippen LogP contribution in [0.3, 0.4) is 0 Å². The number of carbonyl (C=O) groups is 2. The molecule has 0 spiro atoms. The fourth-order valence-corrected chi connectivity index (χ4v) is 5.21. The van der Waals surface area contributed by atoms with Gasteiger partial charge < -0.3 is 14.7 Å². The highest BCUT2D eigenvalue weighted by Crippen LogP contribution is 2.42. The van der Waals surface area contributed by atoms with Gasteiger partial charge in [-0.1, -0.05) is 38.1 Å². The van der Waals surface area contributed by atoms with E-state index in [9.17, 15) is 9.59 Å². The van der Waals surface area contributed by atoms with Gasteiger partial charge in [0.2, 0.25) is 11.8 Å². The maximum Gasteiger partial charge on any atom is 0.245 e. The Morgan fingerprint density at radius 3 is 2.48 bits per heavy atom. The van der Waals surface area contributed by atoms with Gasteiger partial charge in [-0.25, -0.2) is 0 Å². The van der Waals surface area contributed by atoms with E-state index in [2.05, 4.69) is 44.9 Å². The highest BCUT2D eigenvalue weighted by molar-refractivity contribution is 8.00. The summed E-state index contributed by atoms with van der Waals surface area (Å²) in [6, 6.07) is 7.83. The van der Waals surface area contributed by atoms with E-state index in [0.29, 0.717) is 18.1 Å². The van der Waals surface area contributed by atoms with Crippen LogP contribution in [0.2, 0.25) is 0 Å². The first-order valence-corrected chi connectivity index (χ1v) is 10.9. The Morgan fingerprint density at radius 1 is 1.19 bits per heavy atom. The lowest BCUT2D eigenvalue weighted by molar-refractivity contribution is -0.146. The van der Waals surface area contributed by atoms with Crippen LogP contribution in [0.1, 0.15) is 36.8 Å². The number of amides is 2. The van der Waals surface area contributed by atoms with Crippen LogP contribution < -0.4 is 0 Å². The van der Waals surface area contributed by atoms with Crippen LogP contribution in [-0.4, -0.2) is 71.5 Å². The summed E-state index contributed by atoms with van der Waals surface area (Å²) in [5.74, 6) is 0.999. The molecule has 148 valence electrons. The van der Waals surface area contributed by atoms with E-state index in [0.717, 1.165) is 31.7 Å². The highest BCUT2D eigenvalue weighted by atomic mass is 32.2. The smallest absolute Gasteiger partial charge is 0.245 e. The molecule has 2 amide bonds. The molecule has 3 rings (SSSR count). The van der Waals surface area contributed by atoms with Gasteiger partial charge in [-0.15, -0.1) is 11.8 Å². The average Bonchev–Trinajstić information content (AvgIpc) is 3.01. The first-order chi connectivity index (χ1) is 12.9. The summed E-state index contributed by atoms with van der Waals surface area (Å²) in [5.41, 5.74) is 2.32. The van der Waals surface area contributed by atoms with Crippen LogP contribution >= 0.6 is 11.8 Å². The number of benzene rings is 1. The van der Waals surface area contributed by atoms with Crippen LogP contribution in [0.4, 0.5) is 0 Å². The van der Waals surface area contributed by atoms with Crippen molar-refractivity contribution in [3.05, 3.63) is 35.4 Å². The number of carbonyl (C=O) groups excluding carboxylic acids is 2. The quantitative estimate of drug-likeness (QED) is 0.777. The van der Waals surface area contributed by atoms with Crippen molar-refractivity contribution in [1.82, 2.24) is 14.7 Å². The zero-order chi connectivity index (χ0) is 19.6. The average molecular weight is 390 g/mol. The van der Waals surface area contributed by atoms with Gasteiger partial charge in [0.05, 0.1) is 5.75 Å². The molecule has 5 nitrogen and oxygen atoms in total. The van der Waals surface area contributed by atoms with Crippen molar-refractivity contribution >= 4 is 23.6 Å². The van der Waals surface area contributed by atoms with Crippen LogP contribution in [0, 0.1) is 12.8 Å². The molecule has 1 aromatic carbocycles. The van der Waals surface area contributed by atoms with Gasteiger partial charge in [-0.05, 0) is 37.4 Å². The number of aryl methyl sites for hydroxylation is 1. The van der Waals surface area contributed by atoms with Crippen molar-refractivity contribution in [2.45, 2.75) is 38.6 Å². The maximum absolute atomic E-state index is 13.4. The van der Waals surface area contributed by atoms with Gasteiger partial charge >= 0.3 is 0 Å². The lowest BCUT2D eigenvalue weighted by Crippen LogP contribution is -2.55. The predicted molar refractivity (Wildman–Crippen MR) is 111 cm³/mol. The minimum absolute atomic E-state index is 0.0705. The molecule has 0 saturated carbocycles. The van der Waals surface area contributed by atoms with Crippen molar-refractivity contribution < 1.29 is 9.59 Å². The Labute approximate surface area is 167 Å². The molecule has 0 bridgehead atoms. The zero-order valence-electron chi connectivity index (χ0n) is 16.9. The Bertz CT molecular complexity index is 686. The predicted octanol–water partition coefficient (Wildman–Crippen LogP) is 2.76. The van der Waals surface area contributed by atoms with Gasteiger partial charge in [0.25, 0.3) is 0 Å². The van der Waals surface area contributed by atoms with Crippen molar-refractivity contribution in [3.63, 3.8) is 0 Å². The third kappa shape index (κ3) is 4.49. The van der Waals surface area contributed by atoms with Gasteiger partial charge in [-0.2, -0.15) is 0 Å².